The van der Waals surface area contributed by atoms with Gasteiger partial charge in [0.1, 0.15) is 0 Å². The average Bonchev–Trinajstić information content (AvgIpc) is 2.93. The van der Waals surface area contributed by atoms with Gasteiger partial charge in [-0.3, -0.25) is 0 Å². The van der Waals surface area contributed by atoms with Crippen LogP contribution in [0.25, 0.3) is 0 Å². The zero-order valence-corrected chi connectivity index (χ0v) is 21.5. The third-order valence-electron chi connectivity index (χ3n) is 5.93. The van der Waals surface area contributed by atoms with Crippen LogP contribution >= 0.6 is 11.8 Å². The Morgan fingerprint density at radius 3 is 2.19 bits per heavy atom. The first kappa shape index (κ1) is 26.8. The standard InChI is InChI=1S/C27H31NO6S2/c29-14-15-35-19-24-16-26(22-10-8-21(18-30)9-11-22)34-27(33-24)23-12-6-20(7-13-23)17-28-36(31,32)25-4-2-1-3-5-25/h1-13,24,26-30H,14-19H2/t24-,26+,27+/m0/s1. The smallest absolute Gasteiger partial charge is 0.240 e. The number of sulfonamides is 1. The summed E-state index contributed by atoms with van der Waals surface area (Å²) < 4.78 is 40.2. The summed E-state index contributed by atoms with van der Waals surface area (Å²) in [4.78, 5) is 0.230. The molecule has 3 aromatic rings. The minimum atomic E-state index is -3.59. The zero-order valence-electron chi connectivity index (χ0n) is 19.8. The quantitative estimate of drug-likeness (QED) is 0.323. The van der Waals surface area contributed by atoms with Crippen molar-refractivity contribution in [2.24, 2.45) is 0 Å². The Labute approximate surface area is 216 Å². The van der Waals surface area contributed by atoms with Crippen molar-refractivity contribution in [1.29, 1.82) is 0 Å². The van der Waals surface area contributed by atoms with Crippen molar-refractivity contribution in [2.75, 3.05) is 18.1 Å². The molecule has 192 valence electrons. The highest BCUT2D eigenvalue weighted by Crippen LogP contribution is 2.38. The van der Waals surface area contributed by atoms with Gasteiger partial charge in [0.15, 0.2) is 6.29 Å². The minimum Gasteiger partial charge on any atom is -0.396 e. The Morgan fingerprint density at radius 2 is 1.53 bits per heavy atom. The summed E-state index contributed by atoms with van der Waals surface area (Å²) in [5, 5.41) is 18.5. The van der Waals surface area contributed by atoms with Crippen LogP contribution < -0.4 is 4.72 Å². The number of benzene rings is 3. The van der Waals surface area contributed by atoms with Gasteiger partial charge in [-0.1, -0.05) is 66.7 Å². The monoisotopic (exact) mass is 529 g/mol. The molecule has 0 aromatic heterocycles. The van der Waals surface area contributed by atoms with E-state index in [1.165, 1.54) is 0 Å². The molecule has 3 atom stereocenters. The molecule has 1 aliphatic heterocycles. The fourth-order valence-electron chi connectivity index (χ4n) is 3.96. The van der Waals surface area contributed by atoms with E-state index in [2.05, 4.69) is 4.72 Å². The van der Waals surface area contributed by atoms with Gasteiger partial charge >= 0.3 is 0 Å². The summed E-state index contributed by atoms with van der Waals surface area (Å²) >= 11 is 1.64. The van der Waals surface area contributed by atoms with Gasteiger partial charge in [0.2, 0.25) is 10.0 Å². The predicted molar refractivity (Wildman–Crippen MR) is 140 cm³/mol. The molecule has 1 fully saturated rings. The second kappa shape index (κ2) is 12.8. The van der Waals surface area contributed by atoms with E-state index >= 15 is 0 Å². The van der Waals surface area contributed by atoms with Crippen LogP contribution in [0.4, 0.5) is 0 Å². The van der Waals surface area contributed by atoms with E-state index in [9.17, 15) is 13.5 Å². The van der Waals surface area contributed by atoms with Crippen LogP contribution in [-0.2, 0) is 32.6 Å². The number of ether oxygens (including phenoxy) is 2. The molecule has 0 amide bonds. The first-order chi connectivity index (χ1) is 17.5. The summed E-state index contributed by atoms with van der Waals surface area (Å²) in [6, 6.07) is 23.5. The van der Waals surface area contributed by atoms with Gasteiger partial charge < -0.3 is 19.7 Å². The maximum Gasteiger partial charge on any atom is 0.240 e. The number of hydrogen-bond donors (Lipinski definition) is 3. The summed E-state index contributed by atoms with van der Waals surface area (Å²) in [7, 11) is -3.59. The van der Waals surface area contributed by atoms with Gasteiger partial charge in [-0.25, -0.2) is 13.1 Å². The zero-order chi connectivity index (χ0) is 25.4. The van der Waals surface area contributed by atoms with Crippen LogP contribution in [0.2, 0.25) is 0 Å². The Morgan fingerprint density at radius 1 is 0.861 bits per heavy atom. The number of aliphatic hydroxyl groups is 2. The summed E-state index contributed by atoms with van der Waals surface area (Å²) in [5.41, 5.74) is 3.53. The molecule has 1 saturated heterocycles. The van der Waals surface area contributed by atoms with Gasteiger partial charge in [-0.2, -0.15) is 11.8 Å². The molecule has 0 spiro atoms. The van der Waals surface area contributed by atoms with E-state index in [0.717, 1.165) is 28.0 Å². The lowest BCUT2D eigenvalue weighted by molar-refractivity contribution is -0.245. The molecule has 9 heteroatoms. The first-order valence-electron chi connectivity index (χ1n) is 11.8. The Kier molecular flexibility index (Phi) is 9.55. The van der Waals surface area contributed by atoms with Gasteiger partial charge in [-0.05, 0) is 28.8 Å². The van der Waals surface area contributed by atoms with E-state index in [4.69, 9.17) is 14.6 Å². The van der Waals surface area contributed by atoms with Gasteiger partial charge in [0, 0.05) is 30.0 Å². The SMILES string of the molecule is O=S(=O)(NCc1ccc([C@@H]2O[C@H](CSCCO)C[C@H](c3ccc(CO)cc3)O2)cc1)c1ccccc1. The van der Waals surface area contributed by atoms with E-state index in [0.29, 0.717) is 12.2 Å². The van der Waals surface area contributed by atoms with E-state index < -0.39 is 16.3 Å². The molecule has 0 radical (unpaired) electrons. The lowest BCUT2D eigenvalue weighted by atomic mass is 10.0. The second-order valence-electron chi connectivity index (χ2n) is 8.53. The number of aliphatic hydroxyl groups excluding tert-OH is 2. The molecule has 0 aliphatic carbocycles. The van der Waals surface area contributed by atoms with Crippen LogP contribution in [0.15, 0.2) is 83.8 Å². The molecule has 0 bridgehead atoms. The second-order valence-corrected chi connectivity index (χ2v) is 11.4. The molecule has 4 rings (SSSR count). The van der Waals surface area contributed by atoms with Crippen molar-refractivity contribution >= 4 is 21.8 Å². The van der Waals surface area contributed by atoms with Crippen LogP contribution in [0.3, 0.4) is 0 Å². The Balaban J connectivity index is 1.44. The van der Waals surface area contributed by atoms with E-state index in [1.54, 1.807) is 42.1 Å². The van der Waals surface area contributed by atoms with Crippen molar-refractivity contribution in [3.8, 4) is 0 Å². The molecule has 1 heterocycles. The molecule has 3 aromatic carbocycles. The number of hydrogen-bond acceptors (Lipinski definition) is 7. The molecule has 0 saturated carbocycles. The fourth-order valence-corrected chi connectivity index (χ4v) is 5.77. The summed E-state index contributed by atoms with van der Waals surface area (Å²) in [6.45, 7) is 0.287. The molecule has 7 nitrogen and oxygen atoms in total. The van der Waals surface area contributed by atoms with Crippen LogP contribution in [0.1, 0.15) is 41.1 Å². The average molecular weight is 530 g/mol. The first-order valence-corrected chi connectivity index (χ1v) is 14.4. The minimum absolute atomic E-state index is 0.00812. The van der Waals surface area contributed by atoms with Crippen LogP contribution in [0.5, 0.6) is 0 Å². The molecule has 36 heavy (non-hydrogen) atoms. The predicted octanol–water partition coefficient (Wildman–Crippen LogP) is 3.93. The Hall–Kier alpha value is -2.24. The van der Waals surface area contributed by atoms with Crippen molar-refractivity contribution < 1.29 is 28.1 Å². The molecular formula is C27H31NO6S2. The summed E-state index contributed by atoms with van der Waals surface area (Å²) in [6.07, 6.45) is -0.114. The maximum atomic E-state index is 12.5. The van der Waals surface area contributed by atoms with Gasteiger partial charge in [0.25, 0.3) is 0 Å². The highest BCUT2D eigenvalue weighted by Gasteiger charge is 2.32. The fraction of sp³-hybridized carbons (Fsp3) is 0.333. The maximum absolute atomic E-state index is 12.5. The van der Waals surface area contributed by atoms with Crippen molar-refractivity contribution in [3.05, 3.63) is 101 Å². The third kappa shape index (κ3) is 7.17. The van der Waals surface area contributed by atoms with Gasteiger partial charge in [0.05, 0.1) is 30.3 Å². The number of thioether (sulfide) groups is 1. The van der Waals surface area contributed by atoms with Crippen molar-refractivity contribution in [2.45, 2.75) is 43.0 Å². The van der Waals surface area contributed by atoms with E-state index in [1.807, 2.05) is 48.5 Å². The third-order valence-corrected chi connectivity index (χ3v) is 8.42. The highest BCUT2D eigenvalue weighted by atomic mass is 32.2. The van der Waals surface area contributed by atoms with Crippen molar-refractivity contribution in [3.63, 3.8) is 0 Å². The number of nitrogens with one attached hydrogen (secondary N) is 1. The normalized spacial score (nSPS) is 20.3. The lowest BCUT2D eigenvalue weighted by Crippen LogP contribution is -2.31. The largest absolute Gasteiger partial charge is 0.396 e. The van der Waals surface area contributed by atoms with E-state index in [-0.39, 0.29) is 36.9 Å². The highest BCUT2D eigenvalue weighted by molar-refractivity contribution is 7.99. The van der Waals surface area contributed by atoms with Crippen LogP contribution in [-0.4, -0.2) is 42.8 Å². The lowest BCUT2D eigenvalue weighted by Gasteiger charge is -2.36. The van der Waals surface area contributed by atoms with Crippen LogP contribution in [0, 0.1) is 0 Å². The molecule has 0 unspecified atom stereocenters. The molecular weight excluding hydrogens is 498 g/mol. The molecule has 1 aliphatic rings. The summed E-state index contributed by atoms with van der Waals surface area (Å²) in [5.74, 6) is 1.39. The Bertz CT molecular complexity index is 1190. The number of rotatable bonds is 11. The van der Waals surface area contributed by atoms with Gasteiger partial charge in [-0.15, -0.1) is 0 Å². The molecule has 3 N–H and O–H groups in total. The topological polar surface area (TPSA) is 105 Å². The van der Waals surface area contributed by atoms with Crippen molar-refractivity contribution in [1.82, 2.24) is 4.72 Å².